The normalized spacial score (nSPS) is 14.2. The lowest BCUT2D eigenvalue weighted by molar-refractivity contribution is 0.0746. The minimum absolute atomic E-state index is 0.0743. The third-order valence-corrected chi connectivity index (χ3v) is 5.40. The van der Waals surface area contributed by atoms with Crippen LogP contribution in [-0.2, 0) is 4.74 Å². The Morgan fingerprint density at radius 2 is 1.67 bits per heavy atom. The Morgan fingerprint density at radius 3 is 2.40 bits per heavy atom. The molecule has 0 radical (unpaired) electrons. The summed E-state index contributed by atoms with van der Waals surface area (Å²) in [4.78, 5) is 29.2. The molecular weight excluding hydrogens is 380 g/mol. The van der Waals surface area contributed by atoms with E-state index < -0.39 is 0 Å². The van der Waals surface area contributed by atoms with E-state index in [0.29, 0.717) is 31.8 Å². The van der Waals surface area contributed by atoms with Crippen LogP contribution in [0.5, 0.6) is 0 Å². The van der Waals surface area contributed by atoms with Crippen LogP contribution >= 0.6 is 0 Å². The highest BCUT2D eigenvalue weighted by molar-refractivity contribution is 5.95. The number of hydrogen-bond donors (Lipinski definition) is 1. The highest BCUT2D eigenvalue weighted by Gasteiger charge is 2.23. The van der Waals surface area contributed by atoms with Gasteiger partial charge in [0, 0.05) is 57.1 Å². The van der Waals surface area contributed by atoms with Crippen molar-refractivity contribution in [3.8, 4) is 0 Å². The fraction of sp³-hybridized carbons (Fsp3) is 0.304. The molecule has 0 atom stereocenters. The molecular formula is C23H26N4O3. The molecule has 7 heteroatoms. The van der Waals surface area contributed by atoms with Gasteiger partial charge in [-0.3, -0.25) is 9.59 Å². The van der Waals surface area contributed by atoms with Crippen molar-refractivity contribution in [2.24, 2.45) is 0 Å². The van der Waals surface area contributed by atoms with Gasteiger partial charge >= 0.3 is 0 Å². The van der Waals surface area contributed by atoms with Gasteiger partial charge in [-0.25, -0.2) is 0 Å². The van der Waals surface area contributed by atoms with Crippen molar-refractivity contribution in [1.29, 1.82) is 0 Å². The van der Waals surface area contributed by atoms with Crippen molar-refractivity contribution in [3.05, 3.63) is 71.9 Å². The minimum Gasteiger partial charge on any atom is -0.383 e. The van der Waals surface area contributed by atoms with Gasteiger partial charge in [-0.2, -0.15) is 0 Å². The van der Waals surface area contributed by atoms with Gasteiger partial charge in [0.2, 0.25) is 0 Å². The number of benzene rings is 1. The molecule has 0 aliphatic carbocycles. The predicted molar refractivity (Wildman–Crippen MR) is 116 cm³/mol. The van der Waals surface area contributed by atoms with Crippen LogP contribution in [0.4, 0.5) is 5.82 Å². The molecule has 3 heterocycles. The smallest absolute Gasteiger partial charge is 0.253 e. The van der Waals surface area contributed by atoms with Gasteiger partial charge in [-0.05, 0) is 36.4 Å². The van der Waals surface area contributed by atoms with Gasteiger partial charge in [0.05, 0.1) is 12.2 Å². The quantitative estimate of drug-likeness (QED) is 0.638. The molecule has 0 saturated carbocycles. The summed E-state index contributed by atoms with van der Waals surface area (Å²) < 4.78 is 7.03. The van der Waals surface area contributed by atoms with Gasteiger partial charge < -0.3 is 24.3 Å². The first-order valence-corrected chi connectivity index (χ1v) is 10.1. The number of carbonyl (C=O) groups is 2. The Kier molecular flexibility index (Phi) is 5.99. The second-order valence-corrected chi connectivity index (χ2v) is 7.30. The van der Waals surface area contributed by atoms with Crippen molar-refractivity contribution < 1.29 is 14.3 Å². The topological polar surface area (TPSA) is 66.3 Å². The first-order valence-electron chi connectivity index (χ1n) is 10.1. The molecule has 1 aliphatic heterocycles. The number of carbonyl (C=O) groups excluding carboxylic acids is 2. The number of ether oxygens (including phenoxy) is 1. The lowest BCUT2D eigenvalue weighted by atomic mass is 10.2. The van der Waals surface area contributed by atoms with E-state index in [9.17, 15) is 9.59 Å². The van der Waals surface area contributed by atoms with Crippen molar-refractivity contribution >= 4 is 23.1 Å². The second-order valence-electron chi connectivity index (χ2n) is 7.30. The molecule has 1 aromatic carbocycles. The molecule has 0 spiro atoms. The Bertz CT molecular complexity index is 1020. The first kappa shape index (κ1) is 20.0. The number of piperazine rings is 1. The van der Waals surface area contributed by atoms with Crippen LogP contribution in [0.1, 0.15) is 20.7 Å². The van der Waals surface area contributed by atoms with E-state index in [1.807, 2.05) is 64.0 Å². The van der Waals surface area contributed by atoms with Crippen LogP contribution < -0.4 is 10.2 Å². The molecule has 30 heavy (non-hydrogen) atoms. The SMILES string of the molecule is COCCNC(=O)c1ccc2ccc(N3CCN(C(=O)c4ccccc4)CC3)n2c1. The molecule has 7 nitrogen and oxygen atoms in total. The van der Waals surface area contributed by atoms with Gasteiger partial charge in [0.1, 0.15) is 5.82 Å². The number of methoxy groups -OCH3 is 1. The summed E-state index contributed by atoms with van der Waals surface area (Å²) in [6, 6.07) is 17.3. The number of pyridine rings is 1. The van der Waals surface area contributed by atoms with E-state index in [2.05, 4.69) is 16.3 Å². The van der Waals surface area contributed by atoms with Crippen molar-refractivity contribution in [2.75, 3.05) is 51.3 Å². The number of aromatic nitrogens is 1. The van der Waals surface area contributed by atoms with Crippen molar-refractivity contribution in [2.45, 2.75) is 0 Å². The lowest BCUT2D eigenvalue weighted by Gasteiger charge is -2.36. The fourth-order valence-corrected chi connectivity index (χ4v) is 3.75. The Morgan fingerprint density at radius 1 is 0.933 bits per heavy atom. The van der Waals surface area contributed by atoms with E-state index in [-0.39, 0.29) is 11.8 Å². The molecule has 4 rings (SSSR count). The average Bonchev–Trinajstić information content (AvgIpc) is 3.22. The Balaban J connectivity index is 1.45. The molecule has 1 aliphatic rings. The second kappa shape index (κ2) is 9.00. The summed E-state index contributed by atoms with van der Waals surface area (Å²) in [7, 11) is 1.61. The molecule has 156 valence electrons. The summed E-state index contributed by atoms with van der Waals surface area (Å²) in [5.74, 6) is 0.987. The number of anilines is 1. The number of nitrogens with zero attached hydrogens (tertiary/aromatic N) is 3. The summed E-state index contributed by atoms with van der Waals surface area (Å²) in [5, 5.41) is 2.85. The number of amides is 2. The lowest BCUT2D eigenvalue weighted by Crippen LogP contribution is -2.49. The van der Waals surface area contributed by atoms with Crippen LogP contribution in [0.2, 0.25) is 0 Å². The predicted octanol–water partition coefficient (Wildman–Crippen LogP) is 2.28. The Hall–Kier alpha value is -3.32. The maximum Gasteiger partial charge on any atom is 0.253 e. The van der Waals surface area contributed by atoms with E-state index >= 15 is 0 Å². The highest BCUT2D eigenvalue weighted by Crippen LogP contribution is 2.22. The minimum atomic E-state index is -0.119. The molecule has 2 aromatic heterocycles. The molecule has 1 saturated heterocycles. The van der Waals surface area contributed by atoms with E-state index in [0.717, 1.165) is 30.0 Å². The van der Waals surface area contributed by atoms with Crippen LogP contribution in [0.15, 0.2) is 60.8 Å². The summed E-state index contributed by atoms with van der Waals surface area (Å²) in [5.41, 5.74) is 2.36. The van der Waals surface area contributed by atoms with E-state index in [1.165, 1.54) is 0 Å². The highest BCUT2D eigenvalue weighted by atomic mass is 16.5. The van der Waals surface area contributed by atoms with Crippen LogP contribution in [0.3, 0.4) is 0 Å². The molecule has 0 bridgehead atoms. The fourth-order valence-electron chi connectivity index (χ4n) is 3.75. The number of rotatable bonds is 6. The van der Waals surface area contributed by atoms with Crippen LogP contribution in [0.25, 0.3) is 5.52 Å². The van der Waals surface area contributed by atoms with Crippen molar-refractivity contribution in [3.63, 3.8) is 0 Å². The van der Waals surface area contributed by atoms with E-state index in [1.54, 1.807) is 7.11 Å². The summed E-state index contributed by atoms with van der Waals surface area (Å²) in [6.45, 7) is 3.78. The zero-order chi connectivity index (χ0) is 20.9. The van der Waals surface area contributed by atoms with Crippen molar-refractivity contribution in [1.82, 2.24) is 14.6 Å². The molecule has 1 fully saturated rings. The summed E-state index contributed by atoms with van der Waals surface area (Å²) in [6.07, 6.45) is 1.87. The van der Waals surface area contributed by atoms with Gasteiger partial charge in [0.25, 0.3) is 11.8 Å². The molecule has 2 amide bonds. The third kappa shape index (κ3) is 4.16. The standard InChI is InChI=1S/C23H26N4O3/c1-30-16-11-24-22(28)19-7-8-20-9-10-21(27(20)17-19)25-12-14-26(15-13-25)23(29)18-5-3-2-4-6-18/h2-10,17H,11-16H2,1H3,(H,24,28). The molecule has 1 N–H and O–H groups in total. The third-order valence-electron chi connectivity index (χ3n) is 5.40. The maximum atomic E-state index is 12.7. The Labute approximate surface area is 175 Å². The monoisotopic (exact) mass is 406 g/mol. The zero-order valence-electron chi connectivity index (χ0n) is 17.1. The van der Waals surface area contributed by atoms with Gasteiger partial charge in [-0.15, -0.1) is 0 Å². The number of hydrogen-bond acceptors (Lipinski definition) is 4. The van der Waals surface area contributed by atoms with Gasteiger partial charge in [-0.1, -0.05) is 18.2 Å². The van der Waals surface area contributed by atoms with E-state index in [4.69, 9.17) is 4.74 Å². The first-order chi connectivity index (χ1) is 14.7. The maximum absolute atomic E-state index is 12.7. The summed E-state index contributed by atoms with van der Waals surface area (Å²) >= 11 is 0. The number of fused-ring (bicyclic) bond motifs is 1. The average molecular weight is 406 g/mol. The van der Waals surface area contributed by atoms with Crippen LogP contribution in [0, 0.1) is 0 Å². The zero-order valence-corrected chi connectivity index (χ0v) is 17.1. The number of nitrogens with one attached hydrogen (secondary N) is 1. The van der Waals surface area contributed by atoms with Gasteiger partial charge in [0.15, 0.2) is 0 Å². The largest absolute Gasteiger partial charge is 0.383 e. The molecule has 3 aromatic rings. The molecule has 0 unspecified atom stereocenters. The van der Waals surface area contributed by atoms with Crippen LogP contribution in [-0.4, -0.2) is 67.6 Å².